The van der Waals surface area contributed by atoms with Gasteiger partial charge in [0.1, 0.15) is 0 Å². The molecule has 1 unspecified atom stereocenters. The van der Waals surface area contributed by atoms with Crippen molar-refractivity contribution in [3.63, 3.8) is 0 Å². The first-order valence-electron chi connectivity index (χ1n) is 6.12. The highest BCUT2D eigenvalue weighted by molar-refractivity contribution is 5.55. The van der Waals surface area contributed by atoms with Crippen molar-refractivity contribution in [1.82, 2.24) is 9.97 Å². The summed E-state index contributed by atoms with van der Waals surface area (Å²) in [5.41, 5.74) is 7.12. The Kier molecular flexibility index (Phi) is 4.04. The number of halogens is 3. The standard InChI is InChI=1S/C14H14F3N3/c1-7(18)3-10-4-8(2)19-14(20-10)9-5-11(15)13(17)12(16)6-9/h4-7H,3,18H2,1-2H3. The number of hydrogen-bond donors (Lipinski definition) is 1. The summed E-state index contributed by atoms with van der Waals surface area (Å²) >= 11 is 0. The number of aryl methyl sites for hydroxylation is 1. The molecule has 0 aliphatic heterocycles. The monoisotopic (exact) mass is 281 g/mol. The number of nitrogens with two attached hydrogens (primary N) is 1. The molecule has 1 aromatic heterocycles. The Morgan fingerprint density at radius 2 is 1.70 bits per heavy atom. The van der Waals surface area contributed by atoms with E-state index in [1.54, 1.807) is 13.0 Å². The van der Waals surface area contributed by atoms with Gasteiger partial charge in [0.25, 0.3) is 0 Å². The topological polar surface area (TPSA) is 51.8 Å². The van der Waals surface area contributed by atoms with Gasteiger partial charge >= 0.3 is 0 Å². The van der Waals surface area contributed by atoms with Crippen LogP contribution in [0.25, 0.3) is 11.4 Å². The maximum absolute atomic E-state index is 13.2. The summed E-state index contributed by atoms with van der Waals surface area (Å²) in [5, 5.41) is 0. The van der Waals surface area contributed by atoms with Crippen molar-refractivity contribution >= 4 is 0 Å². The van der Waals surface area contributed by atoms with Crippen molar-refractivity contribution < 1.29 is 13.2 Å². The Bertz CT molecular complexity index is 619. The zero-order chi connectivity index (χ0) is 14.9. The van der Waals surface area contributed by atoms with E-state index in [9.17, 15) is 13.2 Å². The molecule has 106 valence electrons. The summed E-state index contributed by atoms with van der Waals surface area (Å²) < 4.78 is 39.4. The lowest BCUT2D eigenvalue weighted by atomic mass is 10.1. The van der Waals surface area contributed by atoms with E-state index >= 15 is 0 Å². The van der Waals surface area contributed by atoms with Gasteiger partial charge in [-0.1, -0.05) is 0 Å². The highest BCUT2D eigenvalue weighted by Gasteiger charge is 2.14. The summed E-state index contributed by atoms with van der Waals surface area (Å²) in [4.78, 5) is 8.32. The Balaban J connectivity index is 2.49. The minimum Gasteiger partial charge on any atom is -0.328 e. The molecule has 1 heterocycles. The van der Waals surface area contributed by atoms with Gasteiger partial charge in [-0.05, 0) is 32.0 Å². The van der Waals surface area contributed by atoms with E-state index in [1.807, 2.05) is 6.92 Å². The maximum Gasteiger partial charge on any atom is 0.194 e. The molecule has 0 aliphatic carbocycles. The fourth-order valence-corrected chi connectivity index (χ4v) is 1.88. The second kappa shape index (κ2) is 5.58. The highest BCUT2D eigenvalue weighted by atomic mass is 19.2. The number of nitrogens with zero attached hydrogens (tertiary/aromatic N) is 2. The Morgan fingerprint density at radius 3 is 2.25 bits per heavy atom. The van der Waals surface area contributed by atoms with Crippen molar-refractivity contribution in [2.75, 3.05) is 0 Å². The third-order valence-corrected chi connectivity index (χ3v) is 2.68. The lowest BCUT2D eigenvalue weighted by molar-refractivity contribution is 0.447. The molecule has 0 bridgehead atoms. The molecule has 2 N–H and O–H groups in total. The van der Waals surface area contributed by atoms with Gasteiger partial charge in [-0.25, -0.2) is 23.1 Å². The van der Waals surface area contributed by atoms with Crippen LogP contribution < -0.4 is 5.73 Å². The molecule has 0 spiro atoms. The van der Waals surface area contributed by atoms with Crippen LogP contribution in [-0.4, -0.2) is 16.0 Å². The van der Waals surface area contributed by atoms with Crippen molar-refractivity contribution in [2.45, 2.75) is 26.3 Å². The lowest BCUT2D eigenvalue weighted by Crippen LogP contribution is -2.19. The second-order valence-electron chi connectivity index (χ2n) is 4.76. The Labute approximate surface area is 114 Å². The molecule has 6 heteroatoms. The van der Waals surface area contributed by atoms with Crippen LogP contribution in [0.2, 0.25) is 0 Å². The van der Waals surface area contributed by atoms with Gasteiger partial charge in [0.2, 0.25) is 0 Å². The molecular formula is C14H14F3N3. The van der Waals surface area contributed by atoms with Crippen molar-refractivity contribution in [3.05, 3.63) is 47.0 Å². The molecule has 0 radical (unpaired) electrons. The summed E-state index contributed by atoms with van der Waals surface area (Å²) in [5.74, 6) is -3.88. The predicted molar refractivity (Wildman–Crippen MR) is 69.4 cm³/mol. The SMILES string of the molecule is Cc1cc(CC(C)N)nc(-c2cc(F)c(F)c(F)c2)n1. The first kappa shape index (κ1) is 14.5. The van der Waals surface area contributed by atoms with Crippen molar-refractivity contribution in [1.29, 1.82) is 0 Å². The zero-order valence-electron chi connectivity index (χ0n) is 11.1. The summed E-state index contributed by atoms with van der Waals surface area (Å²) in [6, 6.07) is 3.41. The van der Waals surface area contributed by atoms with Crippen LogP contribution in [0.15, 0.2) is 18.2 Å². The van der Waals surface area contributed by atoms with E-state index in [1.165, 1.54) is 0 Å². The molecule has 0 fully saturated rings. The molecule has 0 aliphatic rings. The van der Waals surface area contributed by atoms with Gasteiger partial charge in [-0.3, -0.25) is 0 Å². The molecule has 2 rings (SSSR count). The Morgan fingerprint density at radius 1 is 1.10 bits per heavy atom. The summed E-state index contributed by atoms with van der Waals surface area (Å²) in [7, 11) is 0. The molecule has 3 nitrogen and oxygen atoms in total. The van der Waals surface area contributed by atoms with Gasteiger partial charge in [-0.15, -0.1) is 0 Å². The largest absolute Gasteiger partial charge is 0.328 e. The molecule has 1 aromatic carbocycles. The van der Waals surface area contributed by atoms with E-state index < -0.39 is 17.5 Å². The molecule has 0 saturated heterocycles. The van der Waals surface area contributed by atoms with Gasteiger partial charge < -0.3 is 5.73 Å². The third kappa shape index (κ3) is 3.14. The van der Waals surface area contributed by atoms with Crippen LogP contribution in [-0.2, 0) is 6.42 Å². The van der Waals surface area contributed by atoms with E-state index in [4.69, 9.17) is 5.73 Å². The normalized spacial score (nSPS) is 12.5. The number of hydrogen-bond acceptors (Lipinski definition) is 3. The van der Waals surface area contributed by atoms with E-state index in [-0.39, 0.29) is 17.4 Å². The Hall–Kier alpha value is -1.95. The minimum absolute atomic E-state index is 0.0935. The van der Waals surface area contributed by atoms with Crippen molar-refractivity contribution in [2.24, 2.45) is 5.73 Å². The average molecular weight is 281 g/mol. The third-order valence-electron chi connectivity index (χ3n) is 2.68. The summed E-state index contributed by atoms with van der Waals surface area (Å²) in [6.45, 7) is 3.57. The van der Waals surface area contributed by atoms with Crippen LogP contribution in [0, 0.1) is 24.4 Å². The van der Waals surface area contributed by atoms with Crippen molar-refractivity contribution in [3.8, 4) is 11.4 Å². The molecular weight excluding hydrogens is 267 g/mol. The first-order valence-corrected chi connectivity index (χ1v) is 6.12. The average Bonchev–Trinajstić information content (AvgIpc) is 2.33. The maximum atomic E-state index is 13.2. The molecule has 1 atom stereocenters. The summed E-state index contributed by atoms with van der Waals surface area (Å²) in [6.07, 6.45) is 0.516. The van der Waals surface area contributed by atoms with E-state index in [2.05, 4.69) is 9.97 Å². The fraction of sp³-hybridized carbons (Fsp3) is 0.286. The minimum atomic E-state index is -1.50. The fourth-order valence-electron chi connectivity index (χ4n) is 1.88. The second-order valence-corrected chi connectivity index (χ2v) is 4.76. The van der Waals surface area contributed by atoms with Crippen LogP contribution in [0.4, 0.5) is 13.2 Å². The van der Waals surface area contributed by atoms with Gasteiger partial charge in [0.05, 0.1) is 0 Å². The number of rotatable bonds is 3. The molecule has 0 amide bonds. The quantitative estimate of drug-likeness (QED) is 0.880. The van der Waals surface area contributed by atoms with Gasteiger partial charge in [-0.2, -0.15) is 0 Å². The molecule has 2 aromatic rings. The van der Waals surface area contributed by atoms with E-state index in [0.29, 0.717) is 17.8 Å². The zero-order valence-corrected chi connectivity index (χ0v) is 11.1. The van der Waals surface area contributed by atoms with E-state index in [0.717, 1.165) is 12.1 Å². The van der Waals surface area contributed by atoms with Crippen LogP contribution >= 0.6 is 0 Å². The van der Waals surface area contributed by atoms with Gasteiger partial charge in [0.15, 0.2) is 23.3 Å². The molecule has 20 heavy (non-hydrogen) atoms. The lowest BCUT2D eigenvalue weighted by Gasteiger charge is -2.08. The predicted octanol–water partition coefficient (Wildman–Crippen LogP) is 2.76. The number of aromatic nitrogens is 2. The first-order chi connectivity index (χ1) is 9.36. The van der Waals surface area contributed by atoms with Crippen LogP contribution in [0.1, 0.15) is 18.3 Å². The van der Waals surface area contributed by atoms with Gasteiger partial charge in [0, 0.05) is 29.4 Å². The van der Waals surface area contributed by atoms with Crippen LogP contribution in [0.3, 0.4) is 0 Å². The van der Waals surface area contributed by atoms with Crippen LogP contribution in [0.5, 0.6) is 0 Å². The molecule has 0 saturated carbocycles. The number of benzene rings is 1. The smallest absolute Gasteiger partial charge is 0.194 e. The highest BCUT2D eigenvalue weighted by Crippen LogP contribution is 2.21.